The van der Waals surface area contributed by atoms with Gasteiger partial charge in [-0.25, -0.2) is 9.97 Å². The van der Waals surface area contributed by atoms with Crippen LogP contribution in [0, 0.1) is 0 Å². The summed E-state index contributed by atoms with van der Waals surface area (Å²) in [6.45, 7) is 5.84. The Morgan fingerprint density at radius 3 is 2.52 bits per heavy atom. The van der Waals surface area contributed by atoms with Crippen LogP contribution in [0.2, 0.25) is 0 Å². The second kappa shape index (κ2) is 6.98. The summed E-state index contributed by atoms with van der Waals surface area (Å²) in [5.74, 6) is 1.90. The normalized spacial score (nSPS) is 22.1. The van der Waals surface area contributed by atoms with Crippen molar-refractivity contribution in [3.8, 4) is 0 Å². The molecule has 0 unspecified atom stereocenters. The molecule has 2 aliphatic heterocycles. The van der Waals surface area contributed by atoms with Gasteiger partial charge in [-0.05, 0) is 0 Å². The Labute approximate surface area is 137 Å². The molecule has 0 radical (unpaired) electrons. The summed E-state index contributed by atoms with van der Waals surface area (Å²) in [6.07, 6.45) is 3.11. The summed E-state index contributed by atoms with van der Waals surface area (Å²) >= 11 is 0. The largest absolute Gasteiger partial charge is 0.388 e. The van der Waals surface area contributed by atoms with Gasteiger partial charge in [-0.1, -0.05) is 0 Å². The van der Waals surface area contributed by atoms with Gasteiger partial charge in [0, 0.05) is 78.9 Å². The Morgan fingerprint density at radius 2 is 1.87 bits per heavy atom. The topological polar surface area (TPSA) is 65.0 Å². The predicted octanol–water partition coefficient (Wildman–Crippen LogP) is 0.206. The number of nitrogens with zero attached hydrogens (tertiary/aromatic N) is 5. The standard InChI is InChI=1S/C16H27N5O2/c1-19(2)14-11-15(18-13-17-14)21-7-5-20(6-8-21)12-16(22)3-9-23-10-4-16/h11,13,22H,3-10,12H2,1-2H3. The van der Waals surface area contributed by atoms with E-state index in [2.05, 4.69) is 19.8 Å². The average molecular weight is 321 g/mol. The molecule has 7 nitrogen and oxygen atoms in total. The molecule has 0 saturated carbocycles. The van der Waals surface area contributed by atoms with Crippen LogP contribution in [-0.2, 0) is 4.74 Å². The van der Waals surface area contributed by atoms with Gasteiger partial charge in [-0.15, -0.1) is 0 Å². The molecule has 23 heavy (non-hydrogen) atoms. The Balaban J connectivity index is 1.55. The van der Waals surface area contributed by atoms with Crippen molar-refractivity contribution in [3.63, 3.8) is 0 Å². The molecule has 7 heteroatoms. The van der Waals surface area contributed by atoms with E-state index in [-0.39, 0.29) is 0 Å². The van der Waals surface area contributed by atoms with E-state index in [9.17, 15) is 5.11 Å². The zero-order chi connectivity index (χ0) is 16.3. The van der Waals surface area contributed by atoms with Crippen LogP contribution < -0.4 is 9.80 Å². The summed E-state index contributed by atoms with van der Waals surface area (Å²) in [4.78, 5) is 15.3. The van der Waals surface area contributed by atoms with E-state index in [1.165, 1.54) is 0 Å². The van der Waals surface area contributed by atoms with Gasteiger partial charge in [0.2, 0.25) is 0 Å². The van der Waals surface area contributed by atoms with Crippen LogP contribution >= 0.6 is 0 Å². The van der Waals surface area contributed by atoms with Crippen molar-refractivity contribution < 1.29 is 9.84 Å². The Morgan fingerprint density at radius 1 is 1.17 bits per heavy atom. The molecule has 128 valence electrons. The fourth-order valence-electron chi connectivity index (χ4n) is 3.22. The number of hydrogen-bond donors (Lipinski definition) is 1. The maximum absolute atomic E-state index is 10.6. The second-order valence-corrected chi connectivity index (χ2v) is 6.73. The molecule has 1 N–H and O–H groups in total. The van der Waals surface area contributed by atoms with Crippen molar-refractivity contribution in [2.75, 3.05) is 69.8 Å². The number of aromatic nitrogens is 2. The van der Waals surface area contributed by atoms with Crippen molar-refractivity contribution in [1.29, 1.82) is 0 Å². The second-order valence-electron chi connectivity index (χ2n) is 6.73. The van der Waals surface area contributed by atoms with Gasteiger partial charge in [0.25, 0.3) is 0 Å². The zero-order valence-corrected chi connectivity index (χ0v) is 14.1. The highest BCUT2D eigenvalue weighted by Gasteiger charge is 2.33. The smallest absolute Gasteiger partial charge is 0.134 e. The summed E-state index contributed by atoms with van der Waals surface area (Å²) in [7, 11) is 3.97. The SMILES string of the molecule is CN(C)c1cc(N2CCN(CC3(O)CCOCC3)CC2)ncn1. The van der Waals surface area contributed by atoms with E-state index in [0.29, 0.717) is 13.2 Å². The molecular formula is C16H27N5O2. The van der Waals surface area contributed by atoms with Gasteiger partial charge in [-0.3, -0.25) is 4.90 Å². The van der Waals surface area contributed by atoms with Crippen LogP contribution in [0.4, 0.5) is 11.6 Å². The minimum Gasteiger partial charge on any atom is -0.388 e. The lowest BCUT2D eigenvalue weighted by Crippen LogP contribution is -2.53. The molecule has 1 aromatic heterocycles. The van der Waals surface area contributed by atoms with Crippen LogP contribution in [0.5, 0.6) is 0 Å². The minimum absolute atomic E-state index is 0.576. The number of β-amino-alcohol motifs (C(OH)–C–C–N with tert-alkyl or cyclic N) is 1. The van der Waals surface area contributed by atoms with E-state index in [1.807, 2.05) is 25.1 Å². The quantitative estimate of drug-likeness (QED) is 0.850. The van der Waals surface area contributed by atoms with E-state index >= 15 is 0 Å². The van der Waals surface area contributed by atoms with Crippen molar-refractivity contribution >= 4 is 11.6 Å². The molecule has 2 aliphatic rings. The van der Waals surface area contributed by atoms with Crippen LogP contribution in [0.1, 0.15) is 12.8 Å². The van der Waals surface area contributed by atoms with Crippen molar-refractivity contribution in [3.05, 3.63) is 12.4 Å². The average Bonchev–Trinajstić information content (AvgIpc) is 2.56. The first-order valence-corrected chi connectivity index (χ1v) is 8.33. The van der Waals surface area contributed by atoms with Gasteiger partial charge in [0.1, 0.15) is 18.0 Å². The number of ether oxygens (including phenoxy) is 1. The molecule has 2 fully saturated rings. The third kappa shape index (κ3) is 4.10. The Kier molecular flexibility index (Phi) is 4.99. The fraction of sp³-hybridized carbons (Fsp3) is 0.750. The summed E-state index contributed by atoms with van der Waals surface area (Å²) < 4.78 is 5.35. The number of anilines is 2. The van der Waals surface area contributed by atoms with E-state index in [1.54, 1.807) is 6.33 Å². The number of aliphatic hydroxyl groups is 1. The van der Waals surface area contributed by atoms with Crippen molar-refractivity contribution in [1.82, 2.24) is 14.9 Å². The number of rotatable bonds is 4. The molecular weight excluding hydrogens is 294 g/mol. The van der Waals surface area contributed by atoms with E-state index < -0.39 is 5.60 Å². The van der Waals surface area contributed by atoms with Gasteiger partial charge in [0.15, 0.2) is 0 Å². The molecule has 0 aromatic carbocycles. The van der Waals surface area contributed by atoms with Crippen molar-refractivity contribution in [2.24, 2.45) is 0 Å². The summed E-state index contributed by atoms with van der Waals surface area (Å²) in [5, 5.41) is 10.6. The molecule has 0 spiro atoms. The number of hydrogen-bond acceptors (Lipinski definition) is 7. The lowest BCUT2D eigenvalue weighted by Gasteiger charge is -2.41. The zero-order valence-electron chi connectivity index (χ0n) is 14.1. The fourth-order valence-corrected chi connectivity index (χ4v) is 3.22. The first kappa shape index (κ1) is 16.4. The first-order chi connectivity index (χ1) is 11.1. The molecule has 3 heterocycles. The lowest BCUT2D eigenvalue weighted by atomic mass is 9.93. The molecule has 1 aromatic rings. The highest BCUT2D eigenvalue weighted by molar-refractivity contribution is 5.49. The molecule has 0 amide bonds. The highest BCUT2D eigenvalue weighted by atomic mass is 16.5. The minimum atomic E-state index is -0.576. The summed E-state index contributed by atoms with van der Waals surface area (Å²) in [5.41, 5.74) is -0.576. The first-order valence-electron chi connectivity index (χ1n) is 8.33. The van der Waals surface area contributed by atoms with Gasteiger partial charge < -0.3 is 19.6 Å². The van der Waals surface area contributed by atoms with Crippen LogP contribution in [0.15, 0.2) is 12.4 Å². The molecule has 3 rings (SSSR count). The monoisotopic (exact) mass is 321 g/mol. The Bertz CT molecular complexity index is 511. The molecule has 0 aliphatic carbocycles. The van der Waals surface area contributed by atoms with Crippen LogP contribution in [-0.4, -0.2) is 85.6 Å². The van der Waals surface area contributed by atoms with Crippen molar-refractivity contribution in [2.45, 2.75) is 18.4 Å². The van der Waals surface area contributed by atoms with E-state index in [4.69, 9.17) is 4.74 Å². The maximum atomic E-state index is 10.6. The third-order valence-corrected chi connectivity index (χ3v) is 4.73. The molecule has 0 atom stereocenters. The third-order valence-electron chi connectivity index (χ3n) is 4.73. The Hall–Kier alpha value is -1.44. The van der Waals surface area contributed by atoms with Crippen LogP contribution in [0.3, 0.4) is 0 Å². The van der Waals surface area contributed by atoms with Gasteiger partial charge >= 0.3 is 0 Å². The maximum Gasteiger partial charge on any atom is 0.134 e. The predicted molar refractivity (Wildman–Crippen MR) is 90.0 cm³/mol. The number of piperazine rings is 1. The van der Waals surface area contributed by atoms with E-state index in [0.717, 1.165) is 57.2 Å². The molecule has 2 saturated heterocycles. The molecule has 0 bridgehead atoms. The highest BCUT2D eigenvalue weighted by Crippen LogP contribution is 2.23. The van der Waals surface area contributed by atoms with Gasteiger partial charge in [-0.2, -0.15) is 0 Å². The summed E-state index contributed by atoms with van der Waals surface area (Å²) in [6, 6.07) is 2.03. The lowest BCUT2D eigenvalue weighted by molar-refractivity contribution is -0.0802. The van der Waals surface area contributed by atoms with Crippen LogP contribution in [0.25, 0.3) is 0 Å². The van der Waals surface area contributed by atoms with Gasteiger partial charge in [0.05, 0.1) is 5.60 Å².